The molecule has 1 aliphatic carbocycles. The summed E-state index contributed by atoms with van der Waals surface area (Å²) in [6, 6.07) is 16.0. The van der Waals surface area contributed by atoms with Crippen LogP contribution in [0.3, 0.4) is 0 Å². The first-order chi connectivity index (χ1) is 17.1. The molecule has 1 amide bonds. The molecule has 2 aromatic carbocycles. The number of carbonyl (C=O) groups is 1. The number of rotatable bonds is 7. The topological polar surface area (TPSA) is 89.0 Å². The average Bonchev–Trinajstić information content (AvgIpc) is 3.64. The van der Waals surface area contributed by atoms with Gasteiger partial charge in [-0.25, -0.2) is 9.97 Å². The van der Waals surface area contributed by atoms with E-state index < -0.39 is 5.54 Å². The van der Waals surface area contributed by atoms with E-state index in [1.54, 1.807) is 24.7 Å². The SMILES string of the molecule is Cc1ccc(OCC2CCN2)cc1C(=O)NC1(c2cc(-c3ncccn3)cc3ncccc23)CC1. The maximum Gasteiger partial charge on any atom is 0.252 e. The van der Waals surface area contributed by atoms with E-state index in [9.17, 15) is 4.79 Å². The van der Waals surface area contributed by atoms with Gasteiger partial charge in [0.2, 0.25) is 0 Å². The Kier molecular flexibility index (Phi) is 5.41. The number of aryl methyl sites for hydroxylation is 1. The van der Waals surface area contributed by atoms with Crippen LogP contribution in [0.1, 0.15) is 40.7 Å². The Morgan fingerprint density at radius 2 is 1.89 bits per heavy atom. The maximum atomic E-state index is 13.5. The van der Waals surface area contributed by atoms with Crippen molar-refractivity contribution in [2.75, 3.05) is 13.2 Å². The lowest BCUT2D eigenvalue weighted by molar-refractivity contribution is 0.0930. The highest BCUT2D eigenvalue weighted by Crippen LogP contribution is 2.49. The fraction of sp³-hybridized carbons (Fsp3) is 0.286. The molecular formula is C28H27N5O2. The molecule has 3 heterocycles. The number of benzene rings is 2. The van der Waals surface area contributed by atoms with Gasteiger partial charge in [-0.2, -0.15) is 0 Å². The predicted octanol–water partition coefficient (Wildman–Crippen LogP) is 4.16. The standard InChI is InChI=1S/C28H27N5O2/c1-18-5-6-21(35-17-20-7-13-29-20)16-23(18)27(34)33-28(8-9-28)24-14-19(26-31-11-3-12-32-26)15-25-22(24)4-2-10-30-25/h2-6,10-12,14-16,20,29H,7-9,13,17H2,1H3,(H,33,34). The highest BCUT2D eigenvalue weighted by Gasteiger charge is 2.47. The van der Waals surface area contributed by atoms with Crippen LogP contribution in [-0.2, 0) is 5.54 Å². The lowest BCUT2D eigenvalue weighted by Crippen LogP contribution is -2.46. The molecule has 2 aromatic heterocycles. The van der Waals surface area contributed by atoms with E-state index >= 15 is 0 Å². The van der Waals surface area contributed by atoms with Gasteiger partial charge in [0.15, 0.2) is 5.82 Å². The van der Waals surface area contributed by atoms with Gasteiger partial charge >= 0.3 is 0 Å². The van der Waals surface area contributed by atoms with Crippen LogP contribution < -0.4 is 15.4 Å². The third-order valence-corrected chi connectivity index (χ3v) is 6.99. The summed E-state index contributed by atoms with van der Waals surface area (Å²) in [5.41, 5.74) is 3.93. The minimum absolute atomic E-state index is 0.0920. The van der Waals surface area contributed by atoms with E-state index in [2.05, 4.69) is 37.7 Å². The number of pyridine rings is 1. The number of nitrogens with one attached hydrogen (secondary N) is 2. The predicted molar refractivity (Wildman–Crippen MR) is 134 cm³/mol. The Hall–Kier alpha value is -3.84. The van der Waals surface area contributed by atoms with E-state index in [-0.39, 0.29) is 5.91 Å². The number of hydrogen-bond acceptors (Lipinski definition) is 6. The molecule has 0 bridgehead atoms. The summed E-state index contributed by atoms with van der Waals surface area (Å²) in [4.78, 5) is 27.0. The molecule has 6 rings (SSSR count). The van der Waals surface area contributed by atoms with Crippen LogP contribution in [0.2, 0.25) is 0 Å². The van der Waals surface area contributed by atoms with E-state index in [0.29, 0.717) is 24.0 Å². The molecule has 35 heavy (non-hydrogen) atoms. The van der Waals surface area contributed by atoms with Gasteiger partial charge in [-0.05, 0) is 80.3 Å². The lowest BCUT2D eigenvalue weighted by atomic mass is 9.95. The fourth-order valence-electron chi connectivity index (χ4n) is 4.65. The molecule has 0 spiro atoms. The lowest BCUT2D eigenvalue weighted by Gasteiger charge is -2.27. The highest BCUT2D eigenvalue weighted by molar-refractivity contribution is 5.98. The first-order valence-electron chi connectivity index (χ1n) is 12.1. The van der Waals surface area contributed by atoms with Gasteiger partial charge in [-0.1, -0.05) is 12.1 Å². The van der Waals surface area contributed by atoms with Crippen molar-refractivity contribution >= 4 is 16.8 Å². The van der Waals surface area contributed by atoms with E-state index in [1.165, 1.54) is 0 Å². The second-order valence-electron chi connectivity index (χ2n) is 9.43. The van der Waals surface area contributed by atoms with Crippen LogP contribution in [0.4, 0.5) is 0 Å². The molecule has 2 fully saturated rings. The third kappa shape index (κ3) is 4.23. The molecular weight excluding hydrogens is 438 g/mol. The van der Waals surface area contributed by atoms with Crippen LogP contribution in [0.25, 0.3) is 22.3 Å². The summed E-state index contributed by atoms with van der Waals surface area (Å²) in [6.07, 6.45) is 8.11. The zero-order valence-corrected chi connectivity index (χ0v) is 19.6. The monoisotopic (exact) mass is 465 g/mol. The zero-order chi connectivity index (χ0) is 23.8. The Bertz CT molecular complexity index is 1400. The molecule has 4 aromatic rings. The summed E-state index contributed by atoms with van der Waals surface area (Å²) in [6.45, 7) is 3.61. The van der Waals surface area contributed by atoms with E-state index in [1.807, 2.05) is 37.3 Å². The smallest absolute Gasteiger partial charge is 0.252 e. The van der Waals surface area contributed by atoms with Gasteiger partial charge in [0.25, 0.3) is 5.91 Å². The Morgan fingerprint density at radius 1 is 1.09 bits per heavy atom. The van der Waals surface area contributed by atoms with Gasteiger partial charge in [-0.3, -0.25) is 9.78 Å². The van der Waals surface area contributed by atoms with Crippen LogP contribution >= 0.6 is 0 Å². The molecule has 176 valence electrons. The van der Waals surface area contributed by atoms with Crippen LogP contribution in [-0.4, -0.2) is 40.1 Å². The van der Waals surface area contributed by atoms with Crippen molar-refractivity contribution < 1.29 is 9.53 Å². The minimum atomic E-state index is -0.442. The van der Waals surface area contributed by atoms with Crippen molar-refractivity contribution in [3.8, 4) is 17.1 Å². The Labute approximate surface area is 204 Å². The molecule has 1 saturated heterocycles. The Balaban J connectivity index is 1.32. The third-order valence-electron chi connectivity index (χ3n) is 6.99. The van der Waals surface area contributed by atoms with E-state index in [4.69, 9.17) is 4.74 Å². The number of carbonyl (C=O) groups excluding carboxylic acids is 1. The molecule has 1 aliphatic heterocycles. The van der Waals surface area contributed by atoms with Crippen molar-refractivity contribution in [3.63, 3.8) is 0 Å². The summed E-state index contributed by atoms with van der Waals surface area (Å²) in [5.74, 6) is 1.27. The summed E-state index contributed by atoms with van der Waals surface area (Å²) < 4.78 is 5.94. The molecule has 2 N–H and O–H groups in total. The molecule has 0 radical (unpaired) electrons. The van der Waals surface area contributed by atoms with Crippen molar-refractivity contribution in [2.24, 2.45) is 0 Å². The van der Waals surface area contributed by atoms with Crippen LogP contribution in [0.15, 0.2) is 67.1 Å². The Morgan fingerprint density at radius 3 is 2.63 bits per heavy atom. The first-order valence-corrected chi connectivity index (χ1v) is 12.1. The normalized spacial score (nSPS) is 18.0. The minimum Gasteiger partial charge on any atom is -0.492 e. The second-order valence-corrected chi connectivity index (χ2v) is 9.43. The van der Waals surface area contributed by atoms with Crippen molar-refractivity contribution in [1.29, 1.82) is 0 Å². The zero-order valence-electron chi connectivity index (χ0n) is 19.6. The molecule has 7 nitrogen and oxygen atoms in total. The summed E-state index contributed by atoms with van der Waals surface area (Å²) in [7, 11) is 0. The number of fused-ring (bicyclic) bond motifs is 1. The molecule has 1 atom stereocenters. The molecule has 1 saturated carbocycles. The number of nitrogens with zero attached hydrogens (tertiary/aromatic N) is 3. The van der Waals surface area contributed by atoms with Gasteiger partial charge in [0.1, 0.15) is 12.4 Å². The number of amides is 1. The van der Waals surface area contributed by atoms with Crippen molar-refractivity contribution in [1.82, 2.24) is 25.6 Å². The van der Waals surface area contributed by atoms with Crippen LogP contribution in [0.5, 0.6) is 5.75 Å². The van der Waals surface area contributed by atoms with Gasteiger partial charge in [-0.15, -0.1) is 0 Å². The van der Waals surface area contributed by atoms with Gasteiger partial charge in [0.05, 0.1) is 11.1 Å². The van der Waals surface area contributed by atoms with Crippen molar-refractivity contribution in [2.45, 2.75) is 37.8 Å². The quantitative estimate of drug-likeness (QED) is 0.426. The molecule has 7 heteroatoms. The van der Waals surface area contributed by atoms with Gasteiger partial charge < -0.3 is 15.4 Å². The largest absolute Gasteiger partial charge is 0.492 e. The fourth-order valence-corrected chi connectivity index (χ4v) is 4.65. The number of aromatic nitrogens is 3. The molecule has 2 aliphatic rings. The number of hydrogen-bond donors (Lipinski definition) is 2. The molecule has 1 unspecified atom stereocenters. The summed E-state index contributed by atoms with van der Waals surface area (Å²) >= 11 is 0. The maximum absolute atomic E-state index is 13.5. The average molecular weight is 466 g/mol. The van der Waals surface area contributed by atoms with Crippen LogP contribution in [0, 0.1) is 6.92 Å². The van der Waals surface area contributed by atoms with E-state index in [0.717, 1.165) is 59.2 Å². The van der Waals surface area contributed by atoms with Crippen molar-refractivity contribution in [3.05, 3.63) is 83.8 Å². The number of ether oxygens (including phenoxy) is 1. The first kappa shape index (κ1) is 21.7. The summed E-state index contributed by atoms with van der Waals surface area (Å²) in [5, 5.41) is 7.72. The van der Waals surface area contributed by atoms with Gasteiger partial charge in [0, 0.05) is 41.1 Å². The second kappa shape index (κ2) is 8.74. The highest BCUT2D eigenvalue weighted by atomic mass is 16.5.